The number of urea groups is 1. The van der Waals surface area contributed by atoms with Crippen LogP contribution in [0.1, 0.15) is 5.82 Å². The van der Waals surface area contributed by atoms with E-state index in [2.05, 4.69) is 25.7 Å². The molecule has 1 aliphatic rings. The number of carbonyl (C=O) groups excluding carboxylic acids is 1. The number of ether oxygens (including phenoxy) is 2. The largest absolute Gasteiger partial charge is 0.494 e. The summed E-state index contributed by atoms with van der Waals surface area (Å²) in [5.41, 5.74) is 1.45. The van der Waals surface area contributed by atoms with Crippen molar-refractivity contribution in [1.29, 1.82) is 0 Å². The number of aromatic nitrogens is 4. The Morgan fingerprint density at radius 1 is 0.968 bits per heavy atom. The lowest BCUT2D eigenvalue weighted by Gasteiger charge is -2.34. The molecule has 0 saturated carbocycles. The van der Waals surface area contributed by atoms with Crippen molar-refractivity contribution in [3.8, 4) is 17.2 Å². The second-order valence-electron chi connectivity index (χ2n) is 7.07. The van der Waals surface area contributed by atoms with Crippen molar-refractivity contribution >= 4 is 11.7 Å². The first-order valence-corrected chi connectivity index (χ1v) is 10.0. The Morgan fingerprint density at radius 2 is 1.65 bits per heavy atom. The number of hydrogen-bond acceptors (Lipinski definition) is 7. The van der Waals surface area contributed by atoms with Crippen LogP contribution in [0.25, 0.3) is 5.69 Å². The van der Waals surface area contributed by atoms with Crippen LogP contribution in [0, 0.1) is 0 Å². The first-order chi connectivity index (χ1) is 15.2. The molecule has 2 heterocycles. The lowest BCUT2D eigenvalue weighted by atomic mass is 10.2. The number of tetrazole rings is 1. The molecule has 4 rings (SSSR count). The molecule has 0 radical (unpaired) electrons. The molecule has 10 heteroatoms. The van der Waals surface area contributed by atoms with E-state index in [9.17, 15) is 4.79 Å². The number of nitrogens with one attached hydrogen (secondary N) is 1. The van der Waals surface area contributed by atoms with Gasteiger partial charge in [0.2, 0.25) is 0 Å². The molecule has 0 unspecified atom stereocenters. The number of piperazine rings is 1. The van der Waals surface area contributed by atoms with Gasteiger partial charge >= 0.3 is 6.03 Å². The quantitative estimate of drug-likeness (QED) is 0.648. The van der Waals surface area contributed by atoms with Gasteiger partial charge in [0.1, 0.15) is 17.2 Å². The number of hydrogen-bond donors (Lipinski definition) is 1. The predicted molar refractivity (Wildman–Crippen MR) is 115 cm³/mol. The summed E-state index contributed by atoms with van der Waals surface area (Å²) in [5, 5.41) is 15.0. The Morgan fingerprint density at radius 3 is 2.29 bits per heavy atom. The Balaban J connectivity index is 1.36. The summed E-state index contributed by atoms with van der Waals surface area (Å²) in [5.74, 6) is 1.88. The minimum Gasteiger partial charge on any atom is -0.494 e. The number of benzene rings is 2. The van der Waals surface area contributed by atoms with Crippen LogP contribution >= 0.6 is 0 Å². The van der Waals surface area contributed by atoms with Crippen LogP contribution in [0.15, 0.2) is 48.5 Å². The Hall–Kier alpha value is -3.66. The van der Waals surface area contributed by atoms with Crippen LogP contribution in [-0.4, -0.2) is 76.4 Å². The van der Waals surface area contributed by atoms with Gasteiger partial charge in [-0.05, 0) is 34.7 Å². The summed E-state index contributed by atoms with van der Waals surface area (Å²) >= 11 is 0. The van der Waals surface area contributed by atoms with Crippen LogP contribution in [-0.2, 0) is 6.54 Å². The van der Waals surface area contributed by atoms with E-state index < -0.39 is 0 Å². The van der Waals surface area contributed by atoms with E-state index in [0.717, 1.165) is 24.6 Å². The Labute approximate surface area is 180 Å². The van der Waals surface area contributed by atoms with E-state index in [1.807, 2.05) is 36.4 Å². The lowest BCUT2D eigenvalue weighted by Crippen LogP contribution is -2.49. The summed E-state index contributed by atoms with van der Waals surface area (Å²) < 4.78 is 12.5. The number of carbonyl (C=O) groups is 1. The second-order valence-corrected chi connectivity index (χ2v) is 7.07. The van der Waals surface area contributed by atoms with Crippen molar-refractivity contribution in [1.82, 2.24) is 30.0 Å². The maximum absolute atomic E-state index is 12.8. The molecule has 162 valence electrons. The van der Waals surface area contributed by atoms with Crippen molar-refractivity contribution < 1.29 is 14.3 Å². The molecule has 3 aromatic rings. The Bertz CT molecular complexity index is 995. The van der Waals surface area contributed by atoms with Gasteiger partial charge < -0.3 is 19.7 Å². The van der Waals surface area contributed by atoms with Gasteiger partial charge in [-0.1, -0.05) is 24.3 Å². The van der Waals surface area contributed by atoms with Crippen LogP contribution < -0.4 is 14.8 Å². The van der Waals surface area contributed by atoms with Gasteiger partial charge in [0, 0.05) is 26.2 Å². The van der Waals surface area contributed by atoms with Crippen molar-refractivity contribution in [2.75, 3.05) is 45.7 Å². The van der Waals surface area contributed by atoms with Gasteiger partial charge in [0.25, 0.3) is 0 Å². The highest BCUT2D eigenvalue weighted by Gasteiger charge is 2.24. The average molecular weight is 423 g/mol. The monoisotopic (exact) mass is 423 g/mol. The molecule has 0 atom stereocenters. The first-order valence-electron chi connectivity index (χ1n) is 10.0. The molecular weight excluding hydrogens is 398 g/mol. The highest BCUT2D eigenvalue weighted by Crippen LogP contribution is 2.34. The van der Waals surface area contributed by atoms with Crippen molar-refractivity contribution in [3.05, 3.63) is 54.4 Å². The molecule has 0 spiro atoms. The summed E-state index contributed by atoms with van der Waals surface area (Å²) in [6, 6.07) is 15.0. The maximum atomic E-state index is 12.8. The average Bonchev–Trinajstić information content (AvgIpc) is 3.28. The fourth-order valence-corrected chi connectivity index (χ4v) is 3.54. The molecular formula is C21H25N7O3. The van der Waals surface area contributed by atoms with Gasteiger partial charge in [-0.25, -0.2) is 4.79 Å². The van der Waals surface area contributed by atoms with Gasteiger partial charge in [0.15, 0.2) is 5.82 Å². The molecule has 10 nitrogen and oxygen atoms in total. The summed E-state index contributed by atoms with van der Waals surface area (Å²) in [7, 11) is 3.12. The smallest absolute Gasteiger partial charge is 0.322 e. The van der Waals surface area contributed by atoms with Crippen LogP contribution in [0.4, 0.5) is 10.5 Å². The molecule has 1 aromatic heterocycles. The van der Waals surface area contributed by atoms with Crippen molar-refractivity contribution in [2.45, 2.75) is 6.54 Å². The molecule has 1 saturated heterocycles. The van der Waals surface area contributed by atoms with E-state index in [-0.39, 0.29) is 6.03 Å². The third kappa shape index (κ3) is 4.58. The van der Waals surface area contributed by atoms with Gasteiger partial charge in [-0.2, -0.15) is 4.68 Å². The molecule has 1 fully saturated rings. The minimum atomic E-state index is -0.184. The standard InChI is InChI=1S/C21H25N7O3/c1-30-17-9-6-10-18(31-2)20(17)22-21(29)27-13-11-26(12-14-27)15-19-23-24-25-28(19)16-7-4-3-5-8-16/h3-10H,11-15H2,1-2H3,(H,22,29). The van der Waals surface area contributed by atoms with E-state index in [1.165, 1.54) is 0 Å². The zero-order valence-corrected chi connectivity index (χ0v) is 17.6. The number of rotatable bonds is 6. The predicted octanol–water partition coefficient (Wildman–Crippen LogP) is 2.03. The van der Waals surface area contributed by atoms with Gasteiger partial charge in [0.05, 0.1) is 26.5 Å². The van der Waals surface area contributed by atoms with Crippen molar-refractivity contribution in [3.63, 3.8) is 0 Å². The highest BCUT2D eigenvalue weighted by atomic mass is 16.5. The zero-order chi connectivity index (χ0) is 21.6. The normalized spacial score (nSPS) is 14.3. The maximum Gasteiger partial charge on any atom is 0.322 e. The van der Waals surface area contributed by atoms with Gasteiger partial charge in [-0.3, -0.25) is 4.90 Å². The number of methoxy groups -OCH3 is 2. The molecule has 31 heavy (non-hydrogen) atoms. The summed E-state index contributed by atoms with van der Waals surface area (Å²) in [6.45, 7) is 3.24. The molecule has 2 aromatic carbocycles. The summed E-state index contributed by atoms with van der Waals surface area (Å²) in [6.07, 6.45) is 0. The minimum absolute atomic E-state index is 0.184. The van der Waals surface area contributed by atoms with E-state index in [4.69, 9.17) is 9.47 Å². The Kier molecular flexibility index (Phi) is 6.27. The second kappa shape index (κ2) is 9.43. The molecule has 0 bridgehead atoms. The zero-order valence-electron chi connectivity index (χ0n) is 17.6. The molecule has 1 aliphatic heterocycles. The van der Waals surface area contributed by atoms with Gasteiger partial charge in [-0.15, -0.1) is 5.10 Å². The van der Waals surface area contributed by atoms with Crippen LogP contribution in [0.2, 0.25) is 0 Å². The molecule has 2 amide bonds. The first kappa shape index (κ1) is 20.6. The number of para-hydroxylation sites is 2. The van der Waals surface area contributed by atoms with Crippen LogP contribution in [0.5, 0.6) is 11.5 Å². The van der Waals surface area contributed by atoms with E-state index >= 15 is 0 Å². The highest BCUT2D eigenvalue weighted by molar-refractivity contribution is 5.93. The van der Waals surface area contributed by atoms with Crippen molar-refractivity contribution in [2.24, 2.45) is 0 Å². The SMILES string of the molecule is COc1cccc(OC)c1NC(=O)N1CCN(Cc2nnnn2-c2ccccc2)CC1. The fourth-order valence-electron chi connectivity index (χ4n) is 3.54. The number of anilines is 1. The molecule has 1 N–H and O–H groups in total. The fraction of sp³-hybridized carbons (Fsp3) is 0.333. The lowest BCUT2D eigenvalue weighted by molar-refractivity contribution is 0.140. The van der Waals surface area contributed by atoms with E-state index in [0.29, 0.717) is 36.8 Å². The number of nitrogens with zero attached hydrogens (tertiary/aromatic N) is 6. The molecule has 0 aliphatic carbocycles. The number of amides is 2. The van der Waals surface area contributed by atoms with E-state index in [1.54, 1.807) is 35.9 Å². The topological polar surface area (TPSA) is 97.6 Å². The third-order valence-electron chi connectivity index (χ3n) is 5.22. The summed E-state index contributed by atoms with van der Waals surface area (Å²) in [4.78, 5) is 16.8. The van der Waals surface area contributed by atoms with Crippen LogP contribution in [0.3, 0.4) is 0 Å². The third-order valence-corrected chi connectivity index (χ3v) is 5.22.